The molecule has 0 spiro atoms. The minimum Gasteiger partial charge on any atom is -0.480 e. The average Bonchev–Trinajstić information content (AvgIpc) is 3.66. The summed E-state index contributed by atoms with van der Waals surface area (Å²) in [5, 5.41) is 11.0. The maximum absolute atomic E-state index is 14.0. The first-order valence-corrected chi connectivity index (χ1v) is 13.4. The molecule has 2 atom stereocenters. The van der Waals surface area contributed by atoms with Gasteiger partial charge in [-0.3, -0.25) is 4.79 Å². The molecule has 1 N–H and O–H groups in total. The fourth-order valence-electron chi connectivity index (χ4n) is 4.73. The molecule has 1 aliphatic rings. The fourth-order valence-corrected chi connectivity index (χ4v) is 6.62. The Hall–Kier alpha value is -3.45. The van der Waals surface area contributed by atoms with Gasteiger partial charge in [0.15, 0.2) is 0 Å². The number of aliphatic carboxylic acids is 1. The molecular weight excluding hydrogens is 494 g/mol. The minimum absolute atomic E-state index is 0.0439. The van der Waals surface area contributed by atoms with Crippen LogP contribution in [0, 0.1) is 0 Å². The first-order chi connectivity index (χ1) is 17.3. The first-order valence-electron chi connectivity index (χ1n) is 11.5. The molecule has 0 bridgehead atoms. The van der Waals surface area contributed by atoms with Crippen LogP contribution in [0.5, 0.6) is 0 Å². The van der Waals surface area contributed by atoms with Gasteiger partial charge in [0.25, 0.3) is 0 Å². The van der Waals surface area contributed by atoms with Gasteiger partial charge < -0.3 is 5.11 Å². The van der Waals surface area contributed by atoms with Crippen molar-refractivity contribution in [3.8, 4) is 11.1 Å². The normalized spacial score (nSPS) is 19.2. The number of carboxylic acid groups (broad SMARTS) is 1. The van der Waals surface area contributed by atoms with Crippen molar-refractivity contribution >= 4 is 27.6 Å². The third-order valence-electron chi connectivity index (χ3n) is 6.74. The molecule has 2 unspecified atom stereocenters. The summed E-state index contributed by atoms with van der Waals surface area (Å²) < 4.78 is 29.3. The molecule has 1 fully saturated rings. The van der Waals surface area contributed by atoms with E-state index in [0.29, 0.717) is 5.02 Å². The van der Waals surface area contributed by atoms with Crippen molar-refractivity contribution in [2.24, 2.45) is 0 Å². The molecule has 0 aliphatic heterocycles. The fraction of sp³-hybridized carbons (Fsp3) is 0.138. The first kappa shape index (κ1) is 24.3. The zero-order valence-electron chi connectivity index (χ0n) is 19.3. The summed E-state index contributed by atoms with van der Waals surface area (Å²) in [5.74, 6) is -1.59. The smallest absolute Gasteiger partial charge is 0.325 e. The van der Waals surface area contributed by atoms with Gasteiger partial charge in [-0.15, -0.1) is 0 Å². The van der Waals surface area contributed by atoms with Gasteiger partial charge in [-0.1, -0.05) is 96.5 Å². The van der Waals surface area contributed by atoms with Crippen LogP contribution in [0.4, 0.5) is 0 Å². The van der Waals surface area contributed by atoms with E-state index in [4.69, 9.17) is 11.6 Å². The van der Waals surface area contributed by atoms with Crippen molar-refractivity contribution in [1.82, 2.24) is 4.31 Å². The molecule has 5 rings (SSSR count). The lowest BCUT2D eigenvalue weighted by Crippen LogP contribution is -2.48. The molecule has 1 saturated carbocycles. The Morgan fingerprint density at radius 3 is 1.92 bits per heavy atom. The Balaban J connectivity index is 1.56. The minimum atomic E-state index is -4.15. The predicted octanol–water partition coefficient (Wildman–Crippen LogP) is 6.21. The number of hydrogen-bond donors (Lipinski definition) is 1. The number of halogens is 1. The maximum atomic E-state index is 14.0. The van der Waals surface area contributed by atoms with Crippen LogP contribution >= 0.6 is 11.6 Å². The van der Waals surface area contributed by atoms with Crippen molar-refractivity contribution < 1.29 is 18.3 Å². The molecular formula is C29H24ClNO4S. The van der Waals surface area contributed by atoms with Gasteiger partial charge in [0, 0.05) is 17.5 Å². The topological polar surface area (TPSA) is 74.7 Å². The van der Waals surface area contributed by atoms with Gasteiger partial charge in [0.05, 0.1) is 4.90 Å². The lowest BCUT2D eigenvalue weighted by molar-refractivity contribution is -0.143. The summed E-state index contributed by atoms with van der Waals surface area (Å²) in [6.07, 6.45) is 0.210. The van der Waals surface area contributed by atoms with Crippen LogP contribution in [-0.4, -0.2) is 29.3 Å². The molecule has 1 aliphatic carbocycles. The maximum Gasteiger partial charge on any atom is 0.325 e. The van der Waals surface area contributed by atoms with Crippen LogP contribution in [0.25, 0.3) is 11.1 Å². The van der Waals surface area contributed by atoms with Crippen LogP contribution in [0.3, 0.4) is 0 Å². The Kier molecular flexibility index (Phi) is 6.43. The zero-order chi connectivity index (χ0) is 25.3. The molecule has 0 heterocycles. The summed E-state index contributed by atoms with van der Waals surface area (Å²) in [7, 11) is -4.15. The van der Waals surface area contributed by atoms with Crippen molar-refractivity contribution in [2.75, 3.05) is 0 Å². The Morgan fingerprint density at radius 2 is 1.36 bits per heavy atom. The number of nitrogens with zero attached hydrogens (tertiary/aromatic N) is 1. The second-order valence-corrected chi connectivity index (χ2v) is 11.2. The molecule has 182 valence electrons. The van der Waals surface area contributed by atoms with E-state index in [-0.39, 0.29) is 17.9 Å². The number of rotatable bonds is 8. The van der Waals surface area contributed by atoms with Crippen molar-refractivity contribution in [2.45, 2.75) is 29.3 Å². The number of carbonyl (C=O) groups is 1. The lowest BCUT2D eigenvalue weighted by atomic mass is 10.1. The molecule has 4 aromatic rings. The summed E-state index contributed by atoms with van der Waals surface area (Å²) in [4.78, 5) is 12.8. The molecule has 4 aromatic carbocycles. The zero-order valence-corrected chi connectivity index (χ0v) is 20.9. The van der Waals surface area contributed by atoms with Gasteiger partial charge in [-0.2, -0.15) is 4.31 Å². The molecule has 0 amide bonds. The lowest BCUT2D eigenvalue weighted by Gasteiger charge is -2.30. The quantitative estimate of drug-likeness (QED) is 0.301. The summed E-state index contributed by atoms with van der Waals surface area (Å²) in [6, 6.07) is 32.1. The monoisotopic (exact) mass is 517 g/mol. The van der Waals surface area contributed by atoms with E-state index in [9.17, 15) is 18.3 Å². The van der Waals surface area contributed by atoms with Crippen LogP contribution in [0.15, 0.2) is 114 Å². The van der Waals surface area contributed by atoms with Crippen molar-refractivity contribution in [3.63, 3.8) is 0 Å². The Morgan fingerprint density at radius 1 is 0.833 bits per heavy atom. The molecule has 0 saturated heterocycles. The standard InChI is InChI=1S/C29H24ClNO4S/c30-25-15-11-22(12-16-25)23-13-17-26(18-14-23)36(34,35)31(20-21-7-3-1-4-8-21)29(28(32)33)19-27(29)24-9-5-2-6-10-24/h1-18,27H,19-20H2,(H,32,33). The molecule has 0 aromatic heterocycles. The second-order valence-electron chi connectivity index (χ2n) is 8.93. The summed E-state index contributed by atoms with van der Waals surface area (Å²) in [6.45, 7) is -0.0439. The van der Waals surface area contributed by atoms with Crippen molar-refractivity contribution in [3.05, 3.63) is 125 Å². The number of hydrogen-bond acceptors (Lipinski definition) is 3. The molecule has 36 heavy (non-hydrogen) atoms. The average molecular weight is 518 g/mol. The summed E-state index contributed by atoms with van der Waals surface area (Å²) in [5.41, 5.74) is 1.70. The molecule has 0 radical (unpaired) electrons. The highest BCUT2D eigenvalue weighted by Gasteiger charge is 2.67. The second kappa shape index (κ2) is 9.54. The highest BCUT2D eigenvalue weighted by molar-refractivity contribution is 7.89. The third kappa shape index (κ3) is 4.44. The van der Waals surface area contributed by atoms with Gasteiger partial charge in [0.2, 0.25) is 10.0 Å². The number of carboxylic acids is 1. The van der Waals surface area contributed by atoms with E-state index in [1.807, 2.05) is 72.8 Å². The van der Waals surface area contributed by atoms with E-state index in [0.717, 1.165) is 22.3 Å². The van der Waals surface area contributed by atoms with E-state index in [1.54, 1.807) is 24.3 Å². The van der Waals surface area contributed by atoms with E-state index >= 15 is 0 Å². The van der Waals surface area contributed by atoms with Crippen LogP contribution < -0.4 is 0 Å². The Bertz CT molecular complexity index is 1470. The molecule has 7 heteroatoms. The van der Waals surface area contributed by atoms with E-state index in [1.165, 1.54) is 16.4 Å². The van der Waals surface area contributed by atoms with Crippen LogP contribution in [0.2, 0.25) is 5.02 Å². The van der Waals surface area contributed by atoms with Gasteiger partial charge in [0.1, 0.15) is 5.54 Å². The Labute approximate surface area is 215 Å². The van der Waals surface area contributed by atoms with Crippen LogP contribution in [-0.2, 0) is 21.4 Å². The third-order valence-corrected chi connectivity index (χ3v) is 8.89. The highest BCUT2D eigenvalue weighted by Crippen LogP contribution is 2.57. The predicted molar refractivity (Wildman–Crippen MR) is 140 cm³/mol. The number of benzene rings is 4. The van der Waals surface area contributed by atoms with Crippen LogP contribution in [0.1, 0.15) is 23.5 Å². The van der Waals surface area contributed by atoms with Crippen molar-refractivity contribution in [1.29, 1.82) is 0 Å². The van der Waals surface area contributed by atoms with Gasteiger partial charge in [-0.05, 0) is 52.9 Å². The van der Waals surface area contributed by atoms with Gasteiger partial charge in [-0.25, -0.2) is 8.42 Å². The van der Waals surface area contributed by atoms with E-state index in [2.05, 4.69) is 0 Å². The number of sulfonamides is 1. The van der Waals surface area contributed by atoms with E-state index < -0.39 is 27.4 Å². The SMILES string of the molecule is O=C(O)C1(N(Cc2ccccc2)S(=O)(=O)c2ccc(-c3ccc(Cl)cc3)cc2)CC1c1ccccc1. The molecule has 5 nitrogen and oxygen atoms in total. The largest absolute Gasteiger partial charge is 0.480 e. The van der Waals surface area contributed by atoms with Gasteiger partial charge >= 0.3 is 5.97 Å². The summed E-state index contributed by atoms with van der Waals surface area (Å²) >= 11 is 5.98. The highest BCUT2D eigenvalue weighted by atomic mass is 35.5.